The molecule has 0 bridgehead atoms. The normalized spacial score (nSPS) is 13.2. The molecule has 1 unspecified atom stereocenters. The molecule has 9 heteroatoms. The van der Waals surface area contributed by atoms with Crippen LogP contribution in [-0.2, 0) is 22.6 Å². The van der Waals surface area contributed by atoms with E-state index in [1.165, 1.54) is 11.9 Å². The maximum Gasteiger partial charge on any atom is 0.414 e. The van der Waals surface area contributed by atoms with Crippen LogP contribution in [0.1, 0.15) is 32.8 Å². The Labute approximate surface area is 162 Å². The van der Waals surface area contributed by atoms with E-state index < -0.39 is 17.5 Å². The molecule has 1 heterocycles. The number of aryl methyl sites for hydroxylation is 1. The zero-order chi connectivity index (χ0) is 20.7. The van der Waals surface area contributed by atoms with Crippen molar-refractivity contribution in [1.82, 2.24) is 14.8 Å². The van der Waals surface area contributed by atoms with E-state index in [-0.39, 0.29) is 5.41 Å². The molecule has 0 fully saturated rings. The summed E-state index contributed by atoms with van der Waals surface area (Å²) in [6.07, 6.45) is 4.57. The minimum absolute atomic E-state index is 0.259. The molecule has 0 amide bonds. The van der Waals surface area contributed by atoms with Crippen LogP contribution in [-0.4, -0.2) is 47.6 Å². The second kappa shape index (κ2) is 9.48. The SMILES string of the molecule is CC(C)(C)C(O)(CCc1ccc(Cl)cc1)Cn1cncn1.O=C(O)C(=O)O. The summed E-state index contributed by atoms with van der Waals surface area (Å²) < 4.78 is 1.69. The zero-order valence-electron chi connectivity index (χ0n) is 15.5. The van der Waals surface area contributed by atoms with Gasteiger partial charge in [0.25, 0.3) is 0 Å². The third-order valence-electron chi connectivity index (χ3n) is 4.21. The molecule has 0 aliphatic heterocycles. The van der Waals surface area contributed by atoms with Gasteiger partial charge in [-0.05, 0) is 36.0 Å². The standard InChI is InChI=1S/C16H22ClN3O.C2H2O4/c1-15(2,3)16(21,10-20-12-18-11-19-20)9-8-13-4-6-14(17)7-5-13;3-1(4)2(5)6/h4-7,11-12,21H,8-10H2,1-3H3;(H,3,4)(H,5,6). The Morgan fingerprint density at radius 2 is 1.67 bits per heavy atom. The number of halogens is 1. The van der Waals surface area contributed by atoms with Crippen molar-refractivity contribution in [2.45, 2.75) is 45.8 Å². The Balaban J connectivity index is 0.000000527. The molecule has 0 saturated carbocycles. The number of nitrogens with zero attached hydrogens (tertiary/aromatic N) is 3. The van der Waals surface area contributed by atoms with Crippen LogP contribution < -0.4 is 0 Å². The third-order valence-corrected chi connectivity index (χ3v) is 4.46. The number of benzene rings is 1. The molecule has 1 aromatic carbocycles. The molecule has 2 aromatic rings. The average Bonchev–Trinajstić information content (AvgIpc) is 3.06. The van der Waals surface area contributed by atoms with Gasteiger partial charge in [0.15, 0.2) is 0 Å². The minimum Gasteiger partial charge on any atom is -0.473 e. The van der Waals surface area contributed by atoms with Gasteiger partial charge >= 0.3 is 11.9 Å². The van der Waals surface area contributed by atoms with Crippen LogP contribution in [0.15, 0.2) is 36.9 Å². The maximum absolute atomic E-state index is 11.1. The first-order valence-corrected chi connectivity index (χ1v) is 8.58. The smallest absolute Gasteiger partial charge is 0.414 e. The fourth-order valence-corrected chi connectivity index (χ4v) is 2.40. The molecule has 8 nitrogen and oxygen atoms in total. The zero-order valence-corrected chi connectivity index (χ0v) is 16.2. The van der Waals surface area contributed by atoms with Crippen molar-refractivity contribution in [3.8, 4) is 0 Å². The molecule has 3 N–H and O–H groups in total. The van der Waals surface area contributed by atoms with Crippen LogP contribution in [0.5, 0.6) is 0 Å². The van der Waals surface area contributed by atoms with E-state index in [4.69, 9.17) is 31.4 Å². The Morgan fingerprint density at radius 1 is 1.11 bits per heavy atom. The van der Waals surface area contributed by atoms with Crippen molar-refractivity contribution in [3.63, 3.8) is 0 Å². The van der Waals surface area contributed by atoms with Gasteiger partial charge in [0.05, 0.1) is 12.1 Å². The van der Waals surface area contributed by atoms with Crippen molar-refractivity contribution in [2.75, 3.05) is 0 Å². The number of hydrogen-bond donors (Lipinski definition) is 3. The fraction of sp³-hybridized carbons (Fsp3) is 0.444. The van der Waals surface area contributed by atoms with Gasteiger partial charge in [-0.1, -0.05) is 44.5 Å². The number of carboxylic acids is 2. The molecule has 2 rings (SSSR count). The third kappa shape index (κ3) is 7.36. The van der Waals surface area contributed by atoms with E-state index in [2.05, 4.69) is 10.1 Å². The first-order chi connectivity index (χ1) is 12.4. The topological polar surface area (TPSA) is 126 Å². The molecule has 1 atom stereocenters. The number of carboxylic acid groups (broad SMARTS) is 2. The van der Waals surface area contributed by atoms with Crippen molar-refractivity contribution < 1.29 is 24.9 Å². The summed E-state index contributed by atoms with van der Waals surface area (Å²) >= 11 is 5.90. The molecule has 0 spiro atoms. The lowest BCUT2D eigenvalue weighted by molar-refractivity contribution is -0.159. The number of aromatic nitrogens is 3. The van der Waals surface area contributed by atoms with Gasteiger partial charge < -0.3 is 15.3 Å². The van der Waals surface area contributed by atoms with Crippen LogP contribution in [0.3, 0.4) is 0 Å². The first-order valence-electron chi connectivity index (χ1n) is 8.20. The fourth-order valence-electron chi connectivity index (χ4n) is 2.28. The van der Waals surface area contributed by atoms with Crippen LogP contribution in [0, 0.1) is 5.41 Å². The lowest BCUT2D eigenvalue weighted by Gasteiger charge is -2.40. The summed E-state index contributed by atoms with van der Waals surface area (Å²) in [7, 11) is 0. The highest BCUT2D eigenvalue weighted by Gasteiger charge is 2.40. The number of aliphatic carboxylic acids is 2. The quantitative estimate of drug-likeness (QED) is 0.661. The number of rotatable bonds is 5. The molecule has 0 aliphatic rings. The monoisotopic (exact) mass is 397 g/mol. The van der Waals surface area contributed by atoms with E-state index in [0.29, 0.717) is 13.0 Å². The van der Waals surface area contributed by atoms with Crippen molar-refractivity contribution in [2.24, 2.45) is 5.41 Å². The van der Waals surface area contributed by atoms with Gasteiger partial charge in [-0.15, -0.1) is 0 Å². The van der Waals surface area contributed by atoms with E-state index in [0.717, 1.165) is 11.4 Å². The molecular weight excluding hydrogens is 374 g/mol. The number of carbonyl (C=O) groups is 2. The first kappa shape index (κ1) is 22.6. The molecular formula is C18H24ClN3O5. The van der Waals surface area contributed by atoms with Gasteiger partial charge in [0.1, 0.15) is 12.7 Å². The molecule has 27 heavy (non-hydrogen) atoms. The van der Waals surface area contributed by atoms with Gasteiger partial charge in [-0.3, -0.25) is 4.68 Å². The van der Waals surface area contributed by atoms with Crippen molar-refractivity contribution >= 4 is 23.5 Å². The summed E-state index contributed by atoms with van der Waals surface area (Å²) in [5, 5.41) is 30.7. The molecule has 1 aromatic heterocycles. The summed E-state index contributed by atoms with van der Waals surface area (Å²) in [5.41, 5.74) is 0.0479. The molecule has 0 saturated heterocycles. The van der Waals surface area contributed by atoms with Crippen LogP contribution >= 0.6 is 11.6 Å². The predicted octanol–water partition coefficient (Wildman–Crippen LogP) is 2.50. The summed E-state index contributed by atoms with van der Waals surface area (Å²) in [6.45, 7) is 6.58. The molecule has 148 valence electrons. The molecule has 0 aliphatic carbocycles. The van der Waals surface area contributed by atoms with E-state index in [1.807, 2.05) is 45.0 Å². The van der Waals surface area contributed by atoms with Crippen LogP contribution in [0.4, 0.5) is 0 Å². The number of aliphatic hydroxyl groups is 1. The highest BCUT2D eigenvalue weighted by atomic mass is 35.5. The largest absolute Gasteiger partial charge is 0.473 e. The van der Waals surface area contributed by atoms with Gasteiger partial charge in [-0.2, -0.15) is 5.10 Å². The van der Waals surface area contributed by atoms with Crippen molar-refractivity contribution in [3.05, 3.63) is 47.5 Å². The lowest BCUT2D eigenvalue weighted by atomic mass is 9.73. The van der Waals surface area contributed by atoms with E-state index in [1.54, 1.807) is 11.0 Å². The Hall–Kier alpha value is -2.45. The minimum atomic E-state index is -1.82. The van der Waals surface area contributed by atoms with Crippen molar-refractivity contribution in [1.29, 1.82) is 0 Å². The summed E-state index contributed by atoms with van der Waals surface area (Å²) in [6, 6.07) is 7.76. The Morgan fingerprint density at radius 3 is 2.07 bits per heavy atom. The Bertz CT molecular complexity index is 729. The van der Waals surface area contributed by atoms with E-state index in [9.17, 15) is 5.11 Å². The number of hydrogen-bond acceptors (Lipinski definition) is 5. The lowest BCUT2D eigenvalue weighted by Crippen LogP contribution is -2.47. The highest BCUT2D eigenvalue weighted by molar-refractivity contribution is 6.30. The molecule has 0 radical (unpaired) electrons. The second-order valence-electron chi connectivity index (χ2n) is 7.11. The van der Waals surface area contributed by atoms with Crippen LogP contribution in [0.2, 0.25) is 5.02 Å². The van der Waals surface area contributed by atoms with Gasteiger partial charge in [0, 0.05) is 5.02 Å². The average molecular weight is 398 g/mol. The highest BCUT2D eigenvalue weighted by Crippen LogP contribution is 2.35. The van der Waals surface area contributed by atoms with Gasteiger partial charge in [0.2, 0.25) is 0 Å². The second-order valence-corrected chi connectivity index (χ2v) is 7.55. The van der Waals surface area contributed by atoms with E-state index >= 15 is 0 Å². The predicted molar refractivity (Wildman–Crippen MR) is 99.5 cm³/mol. The van der Waals surface area contributed by atoms with Crippen LogP contribution in [0.25, 0.3) is 0 Å². The Kier molecular flexibility index (Phi) is 7.93. The maximum atomic E-state index is 11.1. The van der Waals surface area contributed by atoms with Gasteiger partial charge in [-0.25, -0.2) is 14.6 Å². The summed E-state index contributed by atoms with van der Waals surface area (Å²) in [5.74, 6) is -3.65. The summed E-state index contributed by atoms with van der Waals surface area (Å²) in [4.78, 5) is 22.1.